The summed E-state index contributed by atoms with van der Waals surface area (Å²) in [6.07, 6.45) is 0.832. The first-order valence-electron chi connectivity index (χ1n) is 6.58. The van der Waals surface area contributed by atoms with E-state index in [2.05, 4.69) is 5.32 Å². The second-order valence-electron chi connectivity index (χ2n) is 4.39. The first kappa shape index (κ1) is 15.9. The minimum atomic E-state index is -0.230. The normalized spacial score (nSPS) is 10.4. The number of hydrogen-bond donors (Lipinski definition) is 1. The summed E-state index contributed by atoms with van der Waals surface area (Å²) in [5.74, 6) is 0.466. The van der Waals surface area contributed by atoms with Crippen molar-refractivity contribution >= 4 is 29.3 Å². The van der Waals surface area contributed by atoms with Crippen molar-refractivity contribution in [3.8, 4) is 0 Å². The minimum absolute atomic E-state index is 0.160. The fourth-order valence-corrected chi connectivity index (χ4v) is 2.81. The van der Waals surface area contributed by atoms with Crippen LogP contribution >= 0.6 is 23.4 Å². The maximum Gasteiger partial charge on any atom is 0.252 e. The summed E-state index contributed by atoms with van der Waals surface area (Å²) >= 11 is 7.59. The third-order valence-electron chi connectivity index (χ3n) is 2.81. The number of nitrogens with one attached hydrogen (secondary N) is 1. The Kier molecular flexibility index (Phi) is 6.08. The van der Waals surface area contributed by atoms with Crippen LogP contribution in [-0.4, -0.2) is 18.2 Å². The van der Waals surface area contributed by atoms with Crippen LogP contribution in [0.2, 0.25) is 5.02 Å². The zero-order valence-electron chi connectivity index (χ0n) is 11.3. The molecule has 0 unspecified atom stereocenters. The third kappa shape index (κ3) is 5.06. The molecule has 0 spiro atoms. The van der Waals surface area contributed by atoms with Crippen molar-refractivity contribution in [1.29, 1.82) is 0 Å². The highest BCUT2D eigenvalue weighted by atomic mass is 35.5. The molecule has 1 amide bonds. The van der Waals surface area contributed by atoms with Gasteiger partial charge in [0.15, 0.2) is 0 Å². The van der Waals surface area contributed by atoms with E-state index in [9.17, 15) is 9.18 Å². The highest BCUT2D eigenvalue weighted by Crippen LogP contribution is 2.18. The Hall–Kier alpha value is -1.52. The summed E-state index contributed by atoms with van der Waals surface area (Å²) in [6, 6.07) is 13.4. The van der Waals surface area contributed by atoms with Gasteiger partial charge in [0.2, 0.25) is 0 Å². The molecule has 0 atom stereocenters. The molecule has 0 heterocycles. The standard InChI is InChI=1S/C16H15ClFNOS/c17-15-5-2-1-4-14(15)16(20)19-10-3-11-21-13-8-6-12(18)7-9-13/h1-2,4-9H,3,10-11H2,(H,19,20). The molecule has 2 rings (SSSR count). The van der Waals surface area contributed by atoms with Gasteiger partial charge in [-0.15, -0.1) is 11.8 Å². The van der Waals surface area contributed by atoms with Crippen LogP contribution < -0.4 is 5.32 Å². The number of thioether (sulfide) groups is 1. The summed E-state index contributed by atoms with van der Waals surface area (Å²) in [4.78, 5) is 12.9. The first-order chi connectivity index (χ1) is 10.2. The summed E-state index contributed by atoms with van der Waals surface area (Å²) in [6.45, 7) is 0.582. The summed E-state index contributed by atoms with van der Waals surface area (Å²) in [7, 11) is 0. The molecule has 2 nitrogen and oxygen atoms in total. The van der Waals surface area contributed by atoms with Gasteiger partial charge in [-0.25, -0.2) is 4.39 Å². The maximum absolute atomic E-state index is 12.7. The smallest absolute Gasteiger partial charge is 0.252 e. The molecule has 0 aliphatic rings. The molecule has 2 aromatic rings. The lowest BCUT2D eigenvalue weighted by Crippen LogP contribution is -2.25. The number of rotatable bonds is 6. The molecule has 0 bridgehead atoms. The highest BCUT2D eigenvalue weighted by molar-refractivity contribution is 7.99. The van der Waals surface area contributed by atoms with Gasteiger partial charge >= 0.3 is 0 Å². The molecule has 0 saturated heterocycles. The Morgan fingerprint density at radius 3 is 2.57 bits per heavy atom. The Bertz CT molecular complexity index is 603. The average Bonchev–Trinajstić information content (AvgIpc) is 2.49. The van der Waals surface area contributed by atoms with Gasteiger partial charge in [0.25, 0.3) is 5.91 Å². The number of amides is 1. The van der Waals surface area contributed by atoms with Crippen molar-refractivity contribution in [2.45, 2.75) is 11.3 Å². The molecular formula is C16H15ClFNOS. The van der Waals surface area contributed by atoms with Gasteiger partial charge in [-0.05, 0) is 48.6 Å². The van der Waals surface area contributed by atoms with Crippen LogP contribution in [0.25, 0.3) is 0 Å². The maximum atomic E-state index is 12.7. The number of halogens is 2. The van der Waals surface area contributed by atoms with E-state index in [1.54, 1.807) is 48.2 Å². The van der Waals surface area contributed by atoms with E-state index < -0.39 is 0 Å². The van der Waals surface area contributed by atoms with Crippen molar-refractivity contribution in [3.63, 3.8) is 0 Å². The van der Waals surface area contributed by atoms with E-state index in [1.807, 2.05) is 0 Å². The minimum Gasteiger partial charge on any atom is -0.352 e. The predicted molar refractivity (Wildman–Crippen MR) is 85.5 cm³/mol. The van der Waals surface area contributed by atoms with Crippen LogP contribution in [-0.2, 0) is 0 Å². The second-order valence-corrected chi connectivity index (χ2v) is 5.97. The quantitative estimate of drug-likeness (QED) is 0.631. The van der Waals surface area contributed by atoms with Gasteiger partial charge in [0.1, 0.15) is 5.82 Å². The SMILES string of the molecule is O=C(NCCCSc1ccc(F)cc1)c1ccccc1Cl. The molecule has 21 heavy (non-hydrogen) atoms. The second kappa shape index (κ2) is 8.05. The zero-order valence-corrected chi connectivity index (χ0v) is 12.9. The van der Waals surface area contributed by atoms with E-state index in [-0.39, 0.29) is 11.7 Å². The van der Waals surface area contributed by atoms with Crippen LogP contribution in [0, 0.1) is 5.82 Å². The van der Waals surface area contributed by atoms with Crippen LogP contribution in [0.3, 0.4) is 0 Å². The van der Waals surface area contributed by atoms with Crippen molar-refractivity contribution in [1.82, 2.24) is 5.32 Å². The molecule has 0 aromatic heterocycles. The van der Waals surface area contributed by atoms with E-state index >= 15 is 0 Å². The van der Waals surface area contributed by atoms with Gasteiger partial charge < -0.3 is 5.32 Å². The molecule has 5 heteroatoms. The lowest BCUT2D eigenvalue weighted by atomic mass is 10.2. The number of benzene rings is 2. The molecule has 1 N–H and O–H groups in total. The largest absolute Gasteiger partial charge is 0.352 e. The van der Waals surface area contributed by atoms with Gasteiger partial charge in [0, 0.05) is 11.4 Å². The van der Waals surface area contributed by atoms with Crippen LogP contribution in [0.4, 0.5) is 4.39 Å². The monoisotopic (exact) mass is 323 g/mol. The Morgan fingerprint density at radius 1 is 1.14 bits per heavy atom. The van der Waals surface area contributed by atoms with Crippen molar-refractivity contribution < 1.29 is 9.18 Å². The topological polar surface area (TPSA) is 29.1 Å². The molecule has 0 radical (unpaired) electrons. The van der Waals surface area contributed by atoms with Crippen LogP contribution in [0.5, 0.6) is 0 Å². The fourth-order valence-electron chi connectivity index (χ4n) is 1.74. The Labute approximate surface area is 132 Å². The summed E-state index contributed by atoms with van der Waals surface area (Å²) in [5, 5.41) is 3.29. The summed E-state index contributed by atoms with van der Waals surface area (Å²) < 4.78 is 12.7. The van der Waals surface area contributed by atoms with Gasteiger partial charge in [-0.1, -0.05) is 23.7 Å². The average molecular weight is 324 g/mol. The van der Waals surface area contributed by atoms with Crippen molar-refractivity contribution in [3.05, 3.63) is 64.9 Å². The number of carbonyl (C=O) groups is 1. The van der Waals surface area contributed by atoms with Crippen LogP contribution in [0.15, 0.2) is 53.4 Å². The first-order valence-corrected chi connectivity index (χ1v) is 7.94. The molecule has 110 valence electrons. The molecule has 0 fully saturated rings. The van der Waals surface area contributed by atoms with Crippen molar-refractivity contribution in [2.75, 3.05) is 12.3 Å². The molecule has 0 aliphatic heterocycles. The molecule has 0 aliphatic carbocycles. The van der Waals surface area contributed by atoms with Crippen LogP contribution in [0.1, 0.15) is 16.8 Å². The number of hydrogen-bond acceptors (Lipinski definition) is 2. The van der Waals surface area contributed by atoms with Gasteiger partial charge in [0.05, 0.1) is 10.6 Å². The van der Waals surface area contributed by atoms with E-state index in [1.165, 1.54) is 12.1 Å². The van der Waals surface area contributed by atoms with E-state index in [0.29, 0.717) is 17.1 Å². The lowest BCUT2D eigenvalue weighted by Gasteiger charge is -2.06. The predicted octanol–water partition coefficient (Wildman–Crippen LogP) is 4.39. The van der Waals surface area contributed by atoms with E-state index in [0.717, 1.165) is 17.1 Å². The highest BCUT2D eigenvalue weighted by Gasteiger charge is 2.08. The van der Waals surface area contributed by atoms with Gasteiger partial charge in [-0.2, -0.15) is 0 Å². The fraction of sp³-hybridized carbons (Fsp3) is 0.188. The summed E-state index contributed by atoms with van der Waals surface area (Å²) in [5.41, 5.74) is 0.491. The van der Waals surface area contributed by atoms with E-state index in [4.69, 9.17) is 11.6 Å². The lowest BCUT2D eigenvalue weighted by molar-refractivity contribution is 0.0954. The third-order valence-corrected chi connectivity index (χ3v) is 4.24. The zero-order chi connectivity index (χ0) is 15.1. The Morgan fingerprint density at radius 2 is 1.86 bits per heavy atom. The van der Waals surface area contributed by atoms with Gasteiger partial charge in [-0.3, -0.25) is 4.79 Å². The molecule has 0 saturated carbocycles. The van der Waals surface area contributed by atoms with Crippen molar-refractivity contribution in [2.24, 2.45) is 0 Å². The number of carbonyl (C=O) groups excluding carboxylic acids is 1. The molecule has 2 aromatic carbocycles. The molecular weight excluding hydrogens is 309 g/mol. The Balaban J connectivity index is 1.69.